The van der Waals surface area contributed by atoms with Gasteiger partial charge < -0.3 is 4.74 Å². The fourth-order valence-electron chi connectivity index (χ4n) is 1.48. The van der Waals surface area contributed by atoms with E-state index in [2.05, 4.69) is 4.98 Å². The zero-order chi connectivity index (χ0) is 14.7. The molecule has 0 unspecified atom stereocenters. The summed E-state index contributed by atoms with van der Waals surface area (Å²) in [5.41, 5.74) is 0.143. The molecule has 0 saturated carbocycles. The number of pyridine rings is 1. The number of rotatable bonds is 4. The smallest absolute Gasteiger partial charge is 0.312 e. The lowest BCUT2D eigenvalue weighted by Crippen LogP contribution is -2.02. The highest BCUT2D eigenvalue weighted by molar-refractivity contribution is 6.33. The SMILES string of the molecule is O=[N+]([O-])c1cccc(Cl)c1OCc1nc(Cl)ccc1Cl. The van der Waals surface area contributed by atoms with Gasteiger partial charge >= 0.3 is 5.69 Å². The molecule has 0 aliphatic rings. The van der Waals surface area contributed by atoms with Gasteiger partial charge in [-0.3, -0.25) is 10.1 Å². The third kappa shape index (κ3) is 3.30. The summed E-state index contributed by atoms with van der Waals surface area (Å²) in [5, 5.41) is 11.6. The Labute approximate surface area is 129 Å². The second-order valence-corrected chi connectivity index (χ2v) is 4.90. The lowest BCUT2D eigenvalue weighted by Gasteiger charge is -2.09. The number of hydrogen-bond acceptors (Lipinski definition) is 4. The topological polar surface area (TPSA) is 65.3 Å². The number of nitro benzene ring substituents is 1. The molecule has 0 radical (unpaired) electrons. The average Bonchev–Trinajstić information content (AvgIpc) is 2.40. The van der Waals surface area contributed by atoms with E-state index < -0.39 is 4.92 Å². The molecule has 0 atom stereocenters. The highest BCUT2D eigenvalue weighted by atomic mass is 35.5. The molecular weight excluding hydrogens is 327 g/mol. The van der Waals surface area contributed by atoms with Crippen LogP contribution in [0.15, 0.2) is 30.3 Å². The molecule has 8 heteroatoms. The number of halogens is 3. The van der Waals surface area contributed by atoms with Gasteiger partial charge in [-0.05, 0) is 18.2 Å². The molecule has 1 heterocycles. The highest BCUT2D eigenvalue weighted by Crippen LogP contribution is 2.35. The molecule has 0 amide bonds. The molecule has 0 saturated heterocycles. The third-order valence-electron chi connectivity index (χ3n) is 2.38. The van der Waals surface area contributed by atoms with Gasteiger partial charge in [-0.25, -0.2) is 4.98 Å². The zero-order valence-corrected chi connectivity index (χ0v) is 12.1. The molecule has 1 aromatic carbocycles. The highest BCUT2D eigenvalue weighted by Gasteiger charge is 2.19. The fraction of sp³-hybridized carbons (Fsp3) is 0.0833. The maximum absolute atomic E-state index is 10.9. The van der Waals surface area contributed by atoms with E-state index in [4.69, 9.17) is 39.5 Å². The summed E-state index contributed by atoms with van der Waals surface area (Å²) in [6.07, 6.45) is 0. The minimum Gasteiger partial charge on any atom is -0.479 e. The second-order valence-electron chi connectivity index (χ2n) is 3.70. The molecule has 1 aromatic heterocycles. The maximum atomic E-state index is 10.9. The Kier molecular flexibility index (Phi) is 4.65. The quantitative estimate of drug-likeness (QED) is 0.468. The lowest BCUT2D eigenvalue weighted by molar-refractivity contribution is -0.385. The lowest BCUT2D eigenvalue weighted by atomic mass is 10.3. The molecule has 0 bridgehead atoms. The Morgan fingerprint density at radius 3 is 2.60 bits per heavy atom. The number of hydrogen-bond donors (Lipinski definition) is 0. The van der Waals surface area contributed by atoms with Gasteiger partial charge in [-0.15, -0.1) is 0 Å². The van der Waals surface area contributed by atoms with Crippen LogP contribution in [-0.2, 0) is 6.61 Å². The monoisotopic (exact) mass is 332 g/mol. The summed E-state index contributed by atoms with van der Waals surface area (Å²) < 4.78 is 5.37. The molecule has 104 valence electrons. The van der Waals surface area contributed by atoms with Gasteiger partial charge in [-0.2, -0.15) is 0 Å². The van der Waals surface area contributed by atoms with Crippen molar-refractivity contribution in [2.75, 3.05) is 0 Å². The van der Waals surface area contributed by atoms with Crippen LogP contribution >= 0.6 is 34.8 Å². The normalized spacial score (nSPS) is 10.3. The van der Waals surface area contributed by atoms with Crippen LogP contribution in [0.25, 0.3) is 0 Å². The van der Waals surface area contributed by atoms with Crippen molar-refractivity contribution in [3.05, 3.63) is 61.3 Å². The van der Waals surface area contributed by atoms with Crippen molar-refractivity contribution < 1.29 is 9.66 Å². The van der Waals surface area contributed by atoms with Crippen molar-refractivity contribution in [3.8, 4) is 5.75 Å². The predicted molar refractivity (Wildman–Crippen MR) is 76.7 cm³/mol. The molecule has 2 aromatic rings. The van der Waals surface area contributed by atoms with Gasteiger partial charge in [-0.1, -0.05) is 40.9 Å². The molecule has 0 aliphatic heterocycles. The molecule has 2 rings (SSSR count). The van der Waals surface area contributed by atoms with Gasteiger partial charge in [0.05, 0.1) is 20.7 Å². The van der Waals surface area contributed by atoms with Crippen LogP contribution in [0, 0.1) is 10.1 Å². The largest absolute Gasteiger partial charge is 0.479 e. The van der Waals surface area contributed by atoms with Gasteiger partial charge in [0.1, 0.15) is 11.8 Å². The molecular formula is C12H7Cl3N2O3. The van der Waals surface area contributed by atoms with Crippen LogP contribution in [0.4, 0.5) is 5.69 Å². The van der Waals surface area contributed by atoms with E-state index in [0.717, 1.165) is 0 Å². The van der Waals surface area contributed by atoms with Crippen LogP contribution in [0.2, 0.25) is 15.2 Å². The summed E-state index contributed by atoms with van der Waals surface area (Å²) in [7, 11) is 0. The fourth-order valence-corrected chi connectivity index (χ4v) is 2.03. The molecule has 0 N–H and O–H groups in total. The minimum atomic E-state index is -0.575. The van der Waals surface area contributed by atoms with E-state index in [1.807, 2.05) is 0 Å². The number of ether oxygens (including phenoxy) is 1. The van der Waals surface area contributed by atoms with Crippen LogP contribution < -0.4 is 4.74 Å². The van der Waals surface area contributed by atoms with Crippen molar-refractivity contribution in [1.29, 1.82) is 0 Å². The maximum Gasteiger partial charge on any atom is 0.312 e. The number of aromatic nitrogens is 1. The Hall–Kier alpha value is -1.56. The summed E-state index contributed by atoms with van der Waals surface area (Å²) in [6, 6.07) is 7.37. The van der Waals surface area contributed by atoms with E-state index in [1.54, 1.807) is 6.07 Å². The molecule has 20 heavy (non-hydrogen) atoms. The Morgan fingerprint density at radius 2 is 1.90 bits per heavy atom. The van der Waals surface area contributed by atoms with E-state index in [-0.39, 0.29) is 28.2 Å². The van der Waals surface area contributed by atoms with Crippen LogP contribution in [0.3, 0.4) is 0 Å². The molecule has 0 aliphatic carbocycles. The summed E-state index contributed by atoms with van der Waals surface area (Å²) >= 11 is 17.6. The molecule has 0 fully saturated rings. The van der Waals surface area contributed by atoms with E-state index in [0.29, 0.717) is 10.7 Å². The van der Waals surface area contributed by atoms with Crippen molar-refractivity contribution in [3.63, 3.8) is 0 Å². The van der Waals surface area contributed by atoms with Gasteiger partial charge in [0.15, 0.2) is 0 Å². The average molecular weight is 334 g/mol. The van der Waals surface area contributed by atoms with Crippen LogP contribution in [0.5, 0.6) is 5.75 Å². The first-order valence-corrected chi connectivity index (χ1v) is 6.49. The van der Waals surface area contributed by atoms with Gasteiger partial charge in [0.2, 0.25) is 5.75 Å². The van der Waals surface area contributed by atoms with Gasteiger partial charge in [0.25, 0.3) is 0 Å². The first-order chi connectivity index (χ1) is 9.49. The third-order valence-corrected chi connectivity index (χ3v) is 3.23. The first-order valence-electron chi connectivity index (χ1n) is 5.35. The van der Waals surface area contributed by atoms with Crippen molar-refractivity contribution in [2.24, 2.45) is 0 Å². The van der Waals surface area contributed by atoms with Gasteiger partial charge in [0, 0.05) is 6.07 Å². The number of nitro groups is 1. The zero-order valence-electron chi connectivity index (χ0n) is 9.85. The first kappa shape index (κ1) is 14.8. The minimum absolute atomic E-state index is 0.0305. The molecule has 0 spiro atoms. The van der Waals surface area contributed by atoms with Crippen molar-refractivity contribution >= 4 is 40.5 Å². The predicted octanol–water partition coefficient (Wildman–Crippen LogP) is 4.53. The van der Waals surface area contributed by atoms with E-state index >= 15 is 0 Å². The number of nitrogens with zero attached hydrogens (tertiary/aromatic N) is 2. The molecule has 5 nitrogen and oxygen atoms in total. The number of para-hydroxylation sites is 1. The van der Waals surface area contributed by atoms with E-state index in [9.17, 15) is 10.1 Å². The standard InChI is InChI=1S/C12H7Cl3N2O3/c13-7-4-5-11(15)16-9(7)6-20-12-8(14)2-1-3-10(12)17(18)19/h1-5H,6H2. The van der Waals surface area contributed by atoms with E-state index in [1.165, 1.54) is 24.3 Å². The summed E-state index contributed by atoms with van der Waals surface area (Å²) in [5.74, 6) is -0.0305. The van der Waals surface area contributed by atoms with Crippen molar-refractivity contribution in [1.82, 2.24) is 4.98 Å². The second kappa shape index (κ2) is 6.26. The summed E-state index contributed by atoms with van der Waals surface area (Å²) in [4.78, 5) is 14.3. The van der Waals surface area contributed by atoms with Crippen LogP contribution in [-0.4, -0.2) is 9.91 Å². The number of benzene rings is 1. The van der Waals surface area contributed by atoms with Crippen molar-refractivity contribution in [2.45, 2.75) is 6.61 Å². The Bertz CT molecular complexity index is 664. The van der Waals surface area contributed by atoms with Crippen LogP contribution in [0.1, 0.15) is 5.69 Å². The summed E-state index contributed by atoms with van der Waals surface area (Å²) in [6.45, 7) is -0.0794. The Morgan fingerprint density at radius 1 is 1.15 bits per heavy atom. The Balaban J connectivity index is 2.27.